The highest BCUT2D eigenvalue weighted by Crippen LogP contribution is 2.23. The molecule has 1 aromatic rings. The fraction of sp³-hybridized carbons (Fsp3) is 0.462. The van der Waals surface area contributed by atoms with Gasteiger partial charge in [0.2, 0.25) is 0 Å². The van der Waals surface area contributed by atoms with E-state index in [-0.39, 0.29) is 5.97 Å². The van der Waals surface area contributed by atoms with Gasteiger partial charge in [-0.2, -0.15) is 0 Å². The van der Waals surface area contributed by atoms with E-state index >= 15 is 0 Å². The summed E-state index contributed by atoms with van der Waals surface area (Å²) in [4.78, 5) is 14.0. The van der Waals surface area contributed by atoms with E-state index in [1.165, 1.54) is 0 Å². The summed E-state index contributed by atoms with van der Waals surface area (Å²) >= 11 is 3.32. The number of hydrogen-bond donors (Lipinski definition) is 1. The number of halogens is 1. The zero-order valence-electron chi connectivity index (χ0n) is 11.0. The summed E-state index contributed by atoms with van der Waals surface area (Å²) in [7, 11) is 3.97. The van der Waals surface area contributed by atoms with Gasteiger partial charge < -0.3 is 15.4 Å². The van der Waals surface area contributed by atoms with Crippen LogP contribution >= 0.6 is 15.9 Å². The Morgan fingerprint density at radius 2 is 2.11 bits per heavy atom. The summed E-state index contributed by atoms with van der Waals surface area (Å²) in [5, 5.41) is 0. The molecular weight excluding hydrogens is 296 g/mol. The Hall–Kier alpha value is -1.07. The quantitative estimate of drug-likeness (QED) is 0.515. The van der Waals surface area contributed by atoms with Crippen molar-refractivity contribution in [2.45, 2.75) is 13.3 Å². The maximum atomic E-state index is 11.9. The Labute approximate surface area is 116 Å². The molecular formula is C13H19BrN2O2. The molecule has 0 aliphatic heterocycles. The van der Waals surface area contributed by atoms with Gasteiger partial charge in [-0.25, -0.2) is 4.79 Å². The van der Waals surface area contributed by atoms with Gasteiger partial charge in [-0.3, -0.25) is 0 Å². The fourth-order valence-corrected chi connectivity index (χ4v) is 2.01. The SMILES string of the molecule is Cc1c(N)cc(Br)cc1C(=O)OCCCN(C)C. The molecule has 0 fully saturated rings. The molecule has 18 heavy (non-hydrogen) atoms. The first kappa shape index (κ1) is 15.0. The lowest BCUT2D eigenvalue weighted by Gasteiger charge is -2.11. The third-order valence-corrected chi connectivity index (χ3v) is 3.07. The molecule has 4 nitrogen and oxygen atoms in total. The predicted octanol–water partition coefficient (Wildman–Crippen LogP) is 2.45. The first-order chi connectivity index (χ1) is 8.41. The van der Waals surface area contributed by atoms with Crippen molar-refractivity contribution in [3.8, 4) is 0 Å². The highest BCUT2D eigenvalue weighted by Gasteiger charge is 2.13. The number of rotatable bonds is 5. The van der Waals surface area contributed by atoms with Crippen LogP contribution < -0.4 is 5.73 Å². The molecule has 2 N–H and O–H groups in total. The van der Waals surface area contributed by atoms with Crippen LogP contribution in [0.1, 0.15) is 22.3 Å². The van der Waals surface area contributed by atoms with Gasteiger partial charge in [-0.05, 0) is 45.1 Å². The average Bonchev–Trinajstić information content (AvgIpc) is 2.28. The minimum absolute atomic E-state index is 0.320. The van der Waals surface area contributed by atoms with E-state index in [9.17, 15) is 4.79 Å². The molecule has 100 valence electrons. The molecule has 0 saturated heterocycles. The van der Waals surface area contributed by atoms with Gasteiger partial charge in [-0.15, -0.1) is 0 Å². The summed E-state index contributed by atoms with van der Waals surface area (Å²) in [6.07, 6.45) is 0.821. The van der Waals surface area contributed by atoms with Crippen molar-refractivity contribution in [3.63, 3.8) is 0 Å². The third-order valence-electron chi connectivity index (χ3n) is 2.62. The van der Waals surface area contributed by atoms with E-state index in [4.69, 9.17) is 10.5 Å². The van der Waals surface area contributed by atoms with Crippen molar-refractivity contribution < 1.29 is 9.53 Å². The minimum Gasteiger partial charge on any atom is -0.462 e. The molecule has 0 aliphatic rings. The normalized spacial score (nSPS) is 10.7. The summed E-state index contributed by atoms with van der Waals surface area (Å²) in [5.41, 5.74) is 7.68. The fourth-order valence-electron chi connectivity index (χ4n) is 1.54. The Morgan fingerprint density at radius 1 is 1.44 bits per heavy atom. The highest BCUT2D eigenvalue weighted by atomic mass is 79.9. The molecule has 0 bridgehead atoms. The third kappa shape index (κ3) is 4.31. The molecule has 0 spiro atoms. The van der Waals surface area contributed by atoms with Crippen molar-refractivity contribution in [2.24, 2.45) is 0 Å². The molecule has 0 radical (unpaired) electrons. The molecule has 1 rings (SSSR count). The summed E-state index contributed by atoms with van der Waals surface area (Å²) in [6, 6.07) is 3.51. The zero-order valence-corrected chi connectivity index (χ0v) is 12.6. The zero-order chi connectivity index (χ0) is 13.7. The second-order valence-electron chi connectivity index (χ2n) is 4.46. The van der Waals surface area contributed by atoms with Crippen molar-refractivity contribution in [1.82, 2.24) is 4.90 Å². The summed E-state index contributed by atoms with van der Waals surface area (Å²) < 4.78 is 6.01. The second kappa shape index (κ2) is 6.75. The van der Waals surface area contributed by atoms with Gasteiger partial charge >= 0.3 is 5.97 Å². The van der Waals surface area contributed by atoms with Crippen LogP contribution in [-0.4, -0.2) is 38.1 Å². The van der Waals surface area contributed by atoms with Crippen molar-refractivity contribution in [2.75, 3.05) is 33.0 Å². The van der Waals surface area contributed by atoms with Gasteiger partial charge in [0.15, 0.2) is 0 Å². The summed E-state index contributed by atoms with van der Waals surface area (Å²) in [6.45, 7) is 3.13. The molecule has 0 amide bonds. The first-order valence-corrected chi connectivity index (χ1v) is 6.58. The first-order valence-electron chi connectivity index (χ1n) is 5.79. The number of anilines is 1. The van der Waals surface area contributed by atoms with Crippen molar-refractivity contribution in [1.29, 1.82) is 0 Å². The van der Waals surface area contributed by atoms with Gasteiger partial charge in [0.25, 0.3) is 0 Å². The molecule has 0 unspecified atom stereocenters. The van der Waals surface area contributed by atoms with Crippen LogP contribution in [0.15, 0.2) is 16.6 Å². The molecule has 1 aromatic carbocycles. The van der Waals surface area contributed by atoms with Crippen molar-refractivity contribution in [3.05, 3.63) is 27.7 Å². The van der Waals surface area contributed by atoms with E-state index in [0.29, 0.717) is 17.9 Å². The number of nitrogens with zero attached hydrogens (tertiary/aromatic N) is 1. The lowest BCUT2D eigenvalue weighted by Crippen LogP contribution is -2.16. The maximum absolute atomic E-state index is 11.9. The number of nitrogen functional groups attached to an aromatic ring is 1. The topological polar surface area (TPSA) is 55.6 Å². The number of esters is 1. The Bertz CT molecular complexity index is 433. The Balaban J connectivity index is 2.62. The molecule has 0 saturated carbocycles. The van der Waals surface area contributed by atoms with Gasteiger partial charge in [0.1, 0.15) is 0 Å². The Morgan fingerprint density at radius 3 is 2.72 bits per heavy atom. The van der Waals surface area contributed by atoms with E-state index in [2.05, 4.69) is 20.8 Å². The van der Waals surface area contributed by atoms with Crippen LogP contribution in [0.3, 0.4) is 0 Å². The number of hydrogen-bond acceptors (Lipinski definition) is 4. The van der Waals surface area contributed by atoms with Crippen LogP contribution in [0.2, 0.25) is 0 Å². The number of benzene rings is 1. The molecule has 5 heteroatoms. The second-order valence-corrected chi connectivity index (χ2v) is 5.38. The van der Waals surface area contributed by atoms with Crippen LogP contribution in [0, 0.1) is 6.92 Å². The largest absolute Gasteiger partial charge is 0.462 e. The Kier molecular flexibility index (Phi) is 5.62. The predicted molar refractivity (Wildman–Crippen MR) is 76.7 cm³/mol. The molecule has 0 heterocycles. The monoisotopic (exact) mass is 314 g/mol. The number of carbonyl (C=O) groups is 1. The number of carbonyl (C=O) groups excluding carboxylic acids is 1. The highest BCUT2D eigenvalue weighted by molar-refractivity contribution is 9.10. The standard InChI is InChI=1S/C13H19BrN2O2/c1-9-11(7-10(14)8-12(9)15)13(17)18-6-4-5-16(2)3/h7-8H,4-6,15H2,1-3H3. The molecule has 0 aromatic heterocycles. The van der Waals surface area contributed by atoms with E-state index < -0.39 is 0 Å². The van der Waals surface area contributed by atoms with E-state index in [1.807, 2.05) is 21.0 Å². The van der Waals surface area contributed by atoms with Gasteiger partial charge in [-0.1, -0.05) is 15.9 Å². The van der Waals surface area contributed by atoms with Crippen LogP contribution in [0.5, 0.6) is 0 Å². The number of nitrogens with two attached hydrogens (primary N) is 1. The van der Waals surface area contributed by atoms with Crippen LogP contribution in [-0.2, 0) is 4.74 Å². The lowest BCUT2D eigenvalue weighted by molar-refractivity contribution is 0.0492. The average molecular weight is 315 g/mol. The van der Waals surface area contributed by atoms with Crippen molar-refractivity contribution >= 4 is 27.6 Å². The van der Waals surface area contributed by atoms with Crippen LogP contribution in [0.4, 0.5) is 5.69 Å². The van der Waals surface area contributed by atoms with E-state index in [1.54, 1.807) is 12.1 Å². The smallest absolute Gasteiger partial charge is 0.338 e. The number of ether oxygens (including phenoxy) is 1. The van der Waals surface area contributed by atoms with E-state index in [0.717, 1.165) is 23.0 Å². The summed E-state index contributed by atoms with van der Waals surface area (Å²) in [5.74, 6) is -0.320. The molecule has 0 aliphatic carbocycles. The van der Waals surface area contributed by atoms with Gasteiger partial charge in [0, 0.05) is 16.7 Å². The molecule has 0 atom stereocenters. The van der Waals surface area contributed by atoms with Crippen LogP contribution in [0.25, 0.3) is 0 Å². The minimum atomic E-state index is -0.320. The lowest BCUT2D eigenvalue weighted by atomic mass is 10.1. The maximum Gasteiger partial charge on any atom is 0.338 e. The van der Waals surface area contributed by atoms with Gasteiger partial charge in [0.05, 0.1) is 12.2 Å².